The van der Waals surface area contributed by atoms with Crippen molar-refractivity contribution in [1.29, 1.82) is 0 Å². The van der Waals surface area contributed by atoms with Crippen LogP contribution in [0.3, 0.4) is 0 Å². The van der Waals surface area contributed by atoms with Crippen molar-refractivity contribution >= 4 is 16.6 Å². The predicted octanol–water partition coefficient (Wildman–Crippen LogP) is 2.70. The van der Waals surface area contributed by atoms with E-state index in [4.69, 9.17) is 10.7 Å². The molecule has 0 aliphatic heterocycles. The maximum absolute atomic E-state index is 5.77. The van der Waals surface area contributed by atoms with Gasteiger partial charge in [0.05, 0.1) is 5.52 Å². The Hall–Kier alpha value is -1.57. The molecule has 0 unspecified atom stereocenters. The molecule has 1 heterocycles. The summed E-state index contributed by atoms with van der Waals surface area (Å²) in [5, 5.41) is 1.18. The molecule has 0 radical (unpaired) electrons. The standard InChI is InChI=1S/C13H14N2/c14-11-5-6-13-10(8-11)7-9-3-1-2-4-12(9)15-13/h5-8H,1-4,14H2. The molecular formula is C13H14N2. The monoisotopic (exact) mass is 198 g/mol. The molecule has 1 aliphatic carbocycles. The largest absolute Gasteiger partial charge is 0.399 e. The van der Waals surface area contributed by atoms with Gasteiger partial charge in [0.25, 0.3) is 0 Å². The zero-order chi connectivity index (χ0) is 10.3. The van der Waals surface area contributed by atoms with Crippen LogP contribution in [0.2, 0.25) is 0 Å². The number of pyridine rings is 1. The van der Waals surface area contributed by atoms with Crippen LogP contribution in [0.25, 0.3) is 10.9 Å². The normalized spacial score (nSPS) is 15.2. The Balaban J connectivity index is 2.26. The molecular weight excluding hydrogens is 184 g/mol. The number of nitrogen functional groups attached to an aromatic ring is 1. The Bertz CT molecular complexity index is 517. The predicted molar refractivity (Wildman–Crippen MR) is 62.8 cm³/mol. The fourth-order valence-electron chi connectivity index (χ4n) is 2.32. The number of aromatic nitrogens is 1. The van der Waals surface area contributed by atoms with Crippen molar-refractivity contribution in [1.82, 2.24) is 4.98 Å². The van der Waals surface area contributed by atoms with Crippen LogP contribution in [0.1, 0.15) is 24.1 Å². The van der Waals surface area contributed by atoms with Crippen LogP contribution in [0.15, 0.2) is 24.3 Å². The molecule has 76 valence electrons. The van der Waals surface area contributed by atoms with Crippen LogP contribution in [0.5, 0.6) is 0 Å². The average molecular weight is 198 g/mol. The van der Waals surface area contributed by atoms with Crippen LogP contribution in [0, 0.1) is 0 Å². The molecule has 0 amide bonds. The van der Waals surface area contributed by atoms with Gasteiger partial charge in [0.2, 0.25) is 0 Å². The van der Waals surface area contributed by atoms with E-state index in [1.54, 1.807) is 0 Å². The number of nitrogens with two attached hydrogens (primary N) is 1. The fourth-order valence-corrected chi connectivity index (χ4v) is 2.32. The molecule has 0 bridgehead atoms. The number of aryl methyl sites for hydroxylation is 2. The first kappa shape index (κ1) is 8.72. The van der Waals surface area contributed by atoms with Gasteiger partial charge in [-0.25, -0.2) is 0 Å². The summed E-state index contributed by atoms with van der Waals surface area (Å²) in [7, 11) is 0. The number of benzene rings is 1. The van der Waals surface area contributed by atoms with Crippen molar-refractivity contribution in [2.45, 2.75) is 25.7 Å². The molecule has 1 aromatic carbocycles. The summed E-state index contributed by atoms with van der Waals surface area (Å²) < 4.78 is 0. The SMILES string of the molecule is Nc1ccc2nc3c(cc2c1)CCCC3. The Morgan fingerprint density at radius 1 is 1.07 bits per heavy atom. The van der Waals surface area contributed by atoms with E-state index in [-0.39, 0.29) is 0 Å². The van der Waals surface area contributed by atoms with E-state index >= 15 is 0 Å². The van der Waals surface area contributed by atoms with Gasteiger partial charge < -0.3 is 5.73 Å². The van der Waals surface area contributed by atoms with Gasteiger partial charge in [-0.3, -0.25) is 4.98 Å². The summed E-state index contributed by atoms with van der Waals surface area (Å²) in [6, 6.07) is 8.20. The molecule has 1 aromatic heterocycles. The summed E-state index contributed by atoms with van der Waals surface area (Å²) >= 11 is 0. The highest BCUT2D eigenvalue weighted by molar-refractivity contribution is 5.82. The second-order valence-electron chi connectivity index (χ2n) is 4.25. The second kappa shape index (κ2) is 3.23. The first-order chi connectivity index (χ1) is 7.33. The highest BCUT2D eigenvalue weighted by Gasteiger charge is 2.11. The highest BCUT2D eigenvalue weighted by Crippen LogP contribution is 2.24. The molecule has 2 nitrogen and oxygen atoms in total. The Labute approximate surface area is 89.1 Å². The summed E-state index contributed by atoms with van der Waals surface area (Å²) in [6.07, 6.45) is 4.88. The summed E-state index contributed by atoms with van der Waals surface area (Å²) in [5.41, 5.74) is 10.4. The Kier molecular flexibility index (Phi) is 1.88. The van der Waals surface area contributed by atoms with Crippen molar-refractivity contribution in [3.05, 3.63) is 35.5 Å². The van der Waals surface area contributed by atoms with Gasteiger partial charge >= 0.3 is 0 Å². The van der Waals surface area contributed by atoms with Crippen LogP contribution in [-0.2, 0) is 12.8 Å². The molecule has 0 saturated heterocycles. The number of anilines is 1. The quantitative estimate of drug-likeness (QED) is 0.661. The van der Waals surface area contributed by atoms with Crippen molar-refractivity contribution < 1.29 is 0 Å². The summed E-state index contributed by atoms with van der Waals surface area (Å²) in [5.74, 6) is 0. The molecule has 15 heavy (non-hydrogen) atoms. The number of nitrogens with zero attached hydrogens (tertiary/aromatic N) is 1. The van der Waals surface area contributed by atoms with Gasteiger partial charge in [-0.2, -0.15) is 0 Å². The van der Waals surface area contributed by atoms with E-state index in [1.807, 2.05) is 18.2 Å². The lowest BCUT2D eigenvalue weighted by Gasteiger charge is -2.15. The van der Waals surface area contributed by atoms with Gasteiger partial charge in [-0.1, -0.05) is 0 Å². The third kappa shape index (κ3) is 1.46. The smallest absolute Gasteiger partial charge is 0.0707 e. The van der Waals surface area contributed by atoms with Crippen LogP contribution in [0.4, 0.5) is 5.69 Å². The van der Waals surface area contributed by atoms with Gasteiger partial charge in [-0.15, -0.1) is 0 Å². The van der Waals surface area contributed by atoms with Crippen molar-refractivity contribution in [3.8, 4) is 0 Å². The molecule has 2 N–H and O–H groups in total. The first-order valence-electron chi connectivity index (χ1n) is 5.51. The number of hydrogen-bond donors (Lipinski definition) is 1. The van der Waals surface area contributed by atoms with Crippen LogP contribution >= 0.6 is 0 Å². The lowest BCUT2D eigenvalue weighted by atomic mass is 9.95. The maximum Gasteiger partial charge on any atom is 0.0707 e. The molecule has 2 heteroatoms. The van der Waals surface area contributed by atoms with E-state index in [0.29, 0.717) is 0 Å². The second-order valence-corrected chi connectivity index (χ2v) is 4.25. The topological polar surface area (TPSA) is 38.9 Å². The minimum atomic E-state index is 0.819. The van der Waals surface area contributed by atoms with Gasteiger partial charge in [0, 0.05) is 16.8 Å². The molecule has 0 fully saturated rings. The van der Waals surface area contributed by atoms with Gasteiger partial charge in [0.1, 0.15) is 0 Å². The molecule has 2 aromatic rings. The fraction of sp³-hybridized carbons (Fsp3) is 0.308. The summed E-state index contributed by atoms with van der Waals surface area (Å²) in [6.45, 7) is 0. The molecule has 0 spiro atoms. The number of fused-ring (bicyclic) bond motifs is 2. The van der Waals surface area contributed by atoms with Crippen molar-refractivity contribution in [2.24, 2.45) is 0 Å². The van der Waals surface area contributed by atoms with Gasteiger partial charge in [-0.05, 0) is 55.5 Å². The van der Waals surface area contributed by atoms with Crippen molar-refractivity contribution in [2.75, 3.05) is 5.73 Å². The zero-order valence-corrected chi connectivity index (χ0v) is 8.66. The van der Waals surface area contributed by atoms with E-state index in [2.05, 4.69) is 6.07 Å². The lowest BCUT2D eigenvalue weighted by Crippen LogP contribution is -2.05. The van der Waals surface area contributed by atoms with E-state index < -0.39 is 0 Å². The van der Waals surface area contributed by atoms with Crippen LogP contribution in [-0.4, -0.2) is 4.98 Å². The molecule has 0 atom stereocenters. The number of rotatable bonds is 0. The van der Waals surface area contributed by atoms with E-state index in [9.17, 15) is 0 Å². The highest BCUT2D eigenvalue weighted by atomic mass is 14.7. The minimum Gasteiger partial charge on any atom is -0.399 e. The van der Waals surface area contributed by atoms with Crippen molar-refractivity contribution in [3.63, 3.8) is 0 Å². The zero-order valence-electron chi connectivity index (χ0n) is 8.66. The van der Waals surface area contributed by atoms with E-state index in [1.165, 1.54) is 35.9 Å². The average Bonchev–Trinajstić information content (AvgIpc) is 2.26. The third-order valence-corrected chi connectivity index (χ3v) is 3.12. The van der Waals surface area contributed by atoms with Gasteiger partial charge in [0.15, 0.2) is 0 Å². The minimum absolute atomic E-state index is 0.819. The van der Waals surface area contributed by atoms with Crippen LogP contribution < -0.4 is 5.73 Å². The Morgan fingerprint density at radius 2 is 1.93 bits per heavy atom. The lowest BCUT2D eigenvalue weighted by molar-refractivity contribution is 0.671. The maximum atomic E-state index is 5.77. The Morgan fingerprint density at radius 3 is 2.87 bits per heavy atom. The third-order valence-electron chi connectivity index (χ3n) is 3.12. The molecule has 3 rings (SSSR count). The first-order valence-corrected chi connectivity index (χ1v) is 5.51. The molecule has 1 aliphatic rings. The summed E-state index contributed by atoms with van der Waals surface area (Å²) in [4.78, 5) is 4.70. The van der Waals surface area contributed by atoms with E-state index in [0.717, 1.165) is 17.6 Å². The number of hydrogen-bond acceptors (Lipinski definition) is 2. The molecule has 0 saturated carbocycles.